The number of benzene rings is 3. The van der Waals surface area contributed by atoms with E-state index in [4.69, 9.17) is 0 Å². The molecule has 3 amide bonds. The number of carbonyl (C=O) groups excluding carboxylic acids is 3. The summed E-state index contributed by atoms with van der Waals surface area (Å²) in [4.78, 5) is 39.2. The molecule has 0 aromatic heterocycles. The molecule has 3 aromatic carbocycles. The Labute approximate surface area is 259 Å². The second kappa shape index (κ2) is 16.3. The maximum atomic E-state index is 12.9. The number of thiol groups is 1. The van der Waals surface area contributed by atoms with Gasteiger partial charge in [0.05, 0.1) is 10.8 Å². The Morgan fingerprint density at radius 1 is 0.907 bits per heavy atom. The van der Waals surface area contributed by atoms with Crippen molar-refractivity contribution in [2.24, 2.45) is 5.92 Å². The van der Waals surface area contributed by atoms with Gasteiger partial charge in [-0.2, -0.15) is 12.6 Å². The second-order valence-electron chi connectivity index (χ2n) is 10.3. The number of amides is 3. The standard InChI is InChI=1S/C32H39N3O6S2/c1-3-9-30(37)35(19-18-33-32(39)27(22-42)20-24-10-5-4-6-11-24)21-25-14-16-26(17-15-25)28-12-7-8-13-29(28)43(40,41)34-31(38)23(2)36/h4-8,10-17,23,27,36,42H,3,9,18-22H2,1-2H3,(H,33,39)(H,34,38)/t23-,27+/m0/s1. The van der Waals surface area contributed by atoms with E-state index in [-0.39, 0.29) is 22.6 Å². The first kappa shape index (κ1) is 33.8. The van der Waals surface area contributed by atoms with Crippen molar-refractivity contribution in [1.82, 2.24) is 14.9 Å². The van der Waals surface area contributed by atoms with E-state index in [2.05, 4.69) is 17.9 Å². The molecule has 0 radical (unpaired) electrons. The molecule has 3 N–H and O–H groups in total. The molecule has 230 valence electrons. The number of nitrogens with one attached hydrogen (secondary N) is 2. The fourth-order valence-corrected chi connectivity index (χ4v) is 6.06. The highest BCUT2D eigenvalue weighted by Gasteiger charge is 2.24. The van der Waals surface area contributed by atoms with Crippen LogP contribution < -0.4 is 10.0 Å². The zero-order valence-corrected chi connectivity index (χ0v) is 26.1. The molecule has 3 aromatic rings. The van der Waals surface area contributed by atoms with E-state index in [1.807, 2.05) is 54.1 Å². The van der Waals surface area contributed by atoms with Crippen LogP contribution >= 0.6 is 12.6 Å². The summed E-state index contributed by atoms with van der Waals surface area (Å²) in [6.45, 7) is 4.07. The van der Waals surface area contributed by atoms with Gasteiger partial charge in [-0.15, -0.1) is 0 Å². The fourth-order valence-electron chi connectivity index (χ4n) is 4.48. The summed E-state index contributed by atoms with van der Waals surface area (Å²) < 4.78 is 27.6. The summed E-state index contributed by atoms with van der Waals surface area (Å²) in [6, 6.07) is 23.2. The highest BCUT2D eigenvalue weighted by molar-refractivity contribution is 7.90. The number of nitrogens with zero attached hydrogens (tertiary/aromatic N) is 1. The third-order valence-corrected chi connectivity index (χ3v) is 8.69. The highest BCUT2D eigenvalue weighted by Crippen LogP contribution is 2.28. The number of hydrogen-bond acceptors (Lipinski definition) is 7. The van der Waals surface area contributed by atoms with E-state index < -0.39 is 22.0 Å². The second-order valence-corrected chi connectivity index (χ2v) is 12.3. The van der Waals surface area contributed by atoms with Crippen molar-refractivity contribution < 1.29 is 27.9 Å². The van der Waals surface area contributed by atoms with Crippen molar-refractivity contribution >= 4 is 40.4 Å². The Morgan fingerprint density at radius 2 is 1.56 bits per heavy atom. The molecule has 9 nitrogen and oxygen atoms in total. The fraction of sp³-hybridized carbons (Fsp3) is 0.344. The van der Waals surface area contributed by atoms with E-state index in [1.165, 1.54) is 13.0 Å². The van der Waals surface area contributed by atoms with Crippen LogP contribution in [0.3, 0.4) is 0 Å². The van der Waals surface area contributed by atoms with Gasteiger partial charge in [-0.1, -0.05) is 79.7 Å². The Kier molecular flexibility index (Phi) is 12.8. The molecule has 0 heterocycles. The van der Waals surface area contributed by atoms with Gasteiger partial charge < -0.3 is 15.3 Å². The molecule has 43 heavy (non-hydrogen) atoms. The van der Waals surface area contributed by atoms with Gasteiger partial charge >= 0.3 is 0 Å². The largest absolute Gasteiger partial charge is 0.384 e. The van der Waals surface area contributed by atoms with E-state index in [9.17, 15) is 27.9 Å². The number of rotatable bonds is 15. The molecule has 0 spiro atoms. The number of aliphatic hydroxyl groups is 1. The maximum Gasteiger partial charge on any atom is 0.264 e. The zero-order valence-electron chi connectivity index (χ0n) is 24.4. The predicted molar refractivity (Wildman–Crippen MR) is 170 cm³/mol. The lowest BCUT2D eigenvalue weighted by Gasteiger charge is -2.24. The van der Waals surface area contributed by atoms with E-state index in [0.29, 0.717) is 55.8 Å². The first-order chi connectivity index (χ1) is 20.6. The van der Waals surface area contributed by atoms with E-state index in [0.717, 1.165) is 11.1 Å². The Balaban J connectivity index is 1.69. The van der Waals surface area contributed by atoms with Crippen LogP contribution in [0.1, 0.15) is 37.8 Å². The molecular weight excluding hydrogens is 587 g/mol. The highest BCUT2D eigenvalue weighted by atomic mass is 32.2. The average molecular weight is 626 g/mol. The van der Waals surface area contributed by atoms with Crippen LogP contribution in [0.5, 0.6) is 0 Å². The molecule has 0 aliphatic heterocycles. The van der Waals surface area contributed by atoms with Gasteiger partial charge in [-0.25, -0.2) is 13.1 Å². The molecule has 0 fully saturated rings. The SMILES string of the molecule is CCCC(=O)N(CCNC(=O)[C@@H](CS)Cc1ccccc1)Cc1ccc(-c2ccccc2S(=O)(=O)NC(=O)[C@H](C)O)cc1. The van der Waals surface area contributed by atoms with Crippen LogP contribution in [-0.4, -0.2) is 61.1 Å². The minimum absolute atomic E-state index is 0.0267. The number of aliphatic hydroxyl groups excluding tert-OH is 1. The topological polar surface area (TPSA) is 133 Å². The number of sulfonamides is 1. The molecule has 0 saturated heterocycles. The summed E-state index contributed by atoms with van der Waals surface area (Å²) in [5, 5.41) is 12.4. The maximum absolute atomic E-state index is 12.9. The summed E-state index contributed by atoms with van der Waals surface area (Å²) in [5.41, 5.74) is 2.88. The molecular formula is C32H39N3O6S2. The lowest BCUT2D eigenvalue weighted by atomic mass is 10.0. The van der Waals surface area contributed by atoms with Crippen molar-refractivity contribution in [3.63, 3.8) is 0 Å². The number of carbonyl (C=O) groups is 3. The van der Waals surface area contributed by atoms with Gasteiger partial charge in [0, 0.05) is 37.4 Å². The molecule has 11 heteroatoms. The molecule has 0 aliphatic rings. The number of hydrogen-bond donors (Lipinski definition) is 4. The van der Waals surface area contributed by atoms with Gasteiger partial charge in [-0.3, -0.25) is 14.4 Å². The molecule has 0 unspecified atom stereocenters. The van der Waals surface area contributed by atoms with Gasteiger partial charge in [0.15, 0.2) is 0 Å². The molecule has 3 rings (SSSR count). The molecule has 2 atom stereocenters. The quantitative estimate of drug-likeness (QED) is 0.191. The van der Waals surface area contributed by atoms with Crippen molar-refractivity contribution in [1.29, 1.82) is 0 Å². The normalized spacial score (nSPS) is 12.7. The van der Waals surface area contributed by atoms with Crippen LogP contribution in [-0.2, 0) is 37.4 Å². The van der Waals surface area contributed by atoms with Crippen LogP contribution in [0.15, 0.2) is 83.8 Å². The first-order valence-electron chi connectivity index (χ1n) is 14.2. The summed E-state index contributed by atoms with van der Waals surface area (Å²) in [6.07, 6.45) is 0.170. The summed E-state index contributed by atoms with van der Waals surface area (Å²) >= 11 is 4.37. The summed E-state index contributed by atoms with van der Waals surface area (Å²) in [5.74, 6) is -1.03. The third kappa shape index (κ3) is 9.94. The molecule has 0 saturated carbocycles. The van der Waals surface area contributed by atoms with E-state index in [1.54, 1.807) is 35.2 Å². The molecule has 0 bridgehead atoms. The van der Waals surface area contributed by atoms with Crippen LogP contribution in [0, 0.1) is 5.92 Å². The van der Waals surface area contributed by atoms with Crippen molar-refractivity contribution in [2.45, 2.75) is 50.7 Å². The minimum Gasteiger partial charge on any atom is -0.384 e. The van der Waals surface area contributed by atoms with Crippen LogP contribution in [0.25, 0.3) is 11.1 Å². The smallest absolute Gasteiger partial charge is 0.264 e. The van der Waals surface area contributed by atoms with Crippen molar-refractivity contribution in [2.75, 3.05) is 18.8 Å². The average Bonchev–Trinajstić information content (AvgIpc) is 3.00. The lowest BCUT2D eigenvalue weighted by Crippen LogP contribution is -2.40. The molecule has 0 aliphatic carbocycles. The predicted octanol–water partition coefficient (Wildman–Crippen LogP) is 3.57. The van der Waals surface area contributed by atoms with Gasteiger partial charge in [0.2, 0.25) is 11.8 Å². The third-order valence-electron chi connectivity index (χ3n) is 6.84. The first-order valence-corrected chi connectivity index (χ1v) is 16.3. The van der Waals surface area contributed by atoms with Gasteiger partial charge in [0.25, 0.3) is 15.9 Å². The van der Waals surface area contributed by atoms with E-state index >= 15 is 0 Å². The summed E-state index contributed by atoms with van der Waals surface area (Å²) in [7, 11) is -4.23. The van der Waals surface area contributed by atoms with Crippen molar-refractivity contribution in [3.05, 3.63) is 90.0 Å². The minimum atomic E-state index is -4.23. The lowest BCUT2D eigenvalue weighted by molar-refractivity contribution is -0.132. The Morgan fingerprint density at radius 3 is 2.19 bits per heavy atom. The van der Waals surface area contributed by atoms with Crippen LogP contribution in [0.2, 0.25) is 0 Å². The van der Waals surface area contributed by atoms with Gasteiger partial charge in [0.1, 0.15) is 6.10 Å². The van der Waals surface area contributed by atoms with Crippen LogP contribution in [0.4, 0.5) is 0 Å². The Hall–Kier alpha value is -3.67. The zero-order chi connectivity index (χ0) is 31.4. The van der Waals surface area contributed by atoms with Crippen molar-refractivity contribution in [3.8, 4) is 11.1 Å². The monoisotopic (exact) mass is 625 g/mol. The Bertz CT molecular complexity index is 1480. The van der Waals surface area contributed by atoms with Gasteiger partial charge in [-0.05, 0) is 42.5 Å².